The second-order valence-electron chi connectivity index (χ2n) is 6.25. The molecule has 0 amide bonds. The van der Waals surface area contributed by atoms with E-state index in [4.69, 9.17) is 10.3 Å². The molecule has 1 fully saturated rings. The Labute approximate surface area is 125 Å². The van der Waals surface area contributed by atoms with Crippen LogP contribution in [-0.2, 0) is 5.41 Å². The molecule has 1 aliphatic carbocycles. The maximum absolute atomic E-state index is 6.04. The van der Waals surface area contributed by atoms with Crippen molar-refractivity contribution in [1.29, 1.82) is 0 Å². The van der Waals surface area contributed by atoms with E-state index in [0.717, 1.165) is 43.0 Å². The summed E-state index contributed by atoms with van der Waals surface area (Å²) in [5, 5.41) is 4.11. The molecular weight excluding hydrogens is 264 g/mol. The zero-order valence-electron chi connectivity index (χ0n) is 12.7. The van der Waals surface area contributed by atoms with Gasteiger partial charge in [0.1, 0.15) is 5.69 Å². The summed E-state index contributed by atoms with van der Waals surface area (Å²) in [4.78, 5) is 9.04. The van der Waals surface area contributed by atoms with Gasteiger partial charge in [-0.3, -0.25) is 0 Å². The molecule has 0 unspecified atom stereocenters. The lowest BCUT2D eigenvalue weighted by molar-refractivity contribution is 0.191. The molecule has 0 aromatic carbocycles. The fourth-order valence-corrected chi connectivity index (χ4v) is 3.03. The topological polar surface area (TPSA) is 77.8 Å². The Morgan fingerprint density at radius 3 is 2.71 bits per heavy atom. The SMILES string of the molecule is Cc1cccc(-c2noc(C3(CN)CCC(C)CC3)n2)n1. The Bertz CT molecular complexity index is 614. The van der Waals surface area contributed by atoms with Gasteiger partial charge in [-0.2, -0.15) is 4.98 Å². The van der Waals surface area contributed by atoms with Crippen LogP contribution in [0.1, 0.15) is 44.2 Å². The molecule has 5 nitrogen and oxygen atoms in total. The summed E-state index contributed by atoms with van der Waals surface area (Å²) in [6, 6.07) is 5.81. The highest BCUT2D eigenvalue weighted by atomic mass is 16.5. The number of aryl methyl sites for hydroxylation is 1. The fraction of sp³-hybridized carbons (Fsp3) is 0.562. The van der Waals surface area contributed by atoms with Crippen molar-refractivity contribution < 1.29 is 4.52 Å². The summed E-state index contributed by atoms with van der Waals surface area (Å²) >= 11 is 0. The van der Waals surface area contributed by atoms with E-state index >= 15 is 0 Å². The van der Waals surface area contributed by atoms with Gasteiger partial charge in [-0.25, -0.2) is 4.98 Å². The van der Waals surface area contributed by atoms with E-state index in [1.807, 2.05) is 25.1 Å². The van der Waals surface area contributed by atoms with Crippen molar-refractivity contribution >= 4 is 0 Å². The van der Waals surface area contributed by atoms with Crippen molar-refractivity contribution in [3.05, 3.63) is 29.8 Å². The van der Waals surface area contributed by atoms with Crippen molar-refractivity contribution in [1.82, 2.24) is 15.1 Å². The second-order valence-corrected chi connectivity index (χ2v) is 6.25. The molecule has 2 heterocycles. The van der Waals surface area contributed by atoms with Gasteiger partial charge in [-0.15, -0.1) is 0 Å². The van der Waals surface area contributed by atoms with Crippen LogP contribution in [0.4, 0.5) is 0 Å². The summed E-state index contributed by atoms with van der Waals surface area (Å²) < 4.78 is 5.55. The van der Waals surface area contributed by atoms with Crippen LogP contribution in [0.2, 0.25) is 0 Å². The van der Waals surface area contributed by atoms with Gasteiger partial charge in [0, 0.05) is 12.2 Å². The van der Waals surface area contributed by atoms with E-state index in [2.05, 4.69) is 22.0 Å². The number of rotatable bonds is 3. The van der Waals surface area contributed by atoms with Gasteiger partial charge >= 0.3 is 0 Å². The molecule has 112 valence electrons. The third kappa shape index (κ3) is 2.70. The number of hydrogen-bond acceptors (Lipinski definition) is 5. The third-order valence-electron chi connectivity index (χ3n) is 4.62. The van der Waals surface area contributed by atoms with Crippen molar-refractivity contribution in [2.45, 2.75) is 44.9 Å². The summed E-state index contributed by atoms with van der Waals surface area (Å²) in [6.07, 6.45) is 4.37. The van der Waals surface area contributed by atoms with Gasteiger partial charge < -0.3 is 10.3 Å². The monoisotopic (exact) mass is 286 g/mol. The molecule has 1 aliphatic rings. The largest absolute Gasteiger partial charge is 0.338 e. The maximum Gasteiger partial charge on any atom is 0.234 e. The van der Waals surface area contributed by atoms with E-state index in [-0.39, 0.29) is 5.41 Å². The van der Waals surface area contributed by atoms with E-state index < -0.39 is 0 Å². The minimum Gasteiger partial charge on any atom is -0.338 e. The van der Waals surface area contributed by atoms with Crippen LogP contribution in [0.15, 0.2) is 22.7 Å². The Morgan fingerprint density at radius 1 is 1.29 bits per heavy atom. The molecule has 0 saturated heterocycles. The van der Waals surface area contributed by atoms with E-state index in [1.54, 1.807) is 0 Å². The van der Waals surface area contributed by atoms with Crippen LogP contribution >= 0.6 is 0 Å². The lowest BCUT2D eigenvalue weighted by Gasteiger charge is -2.35. The number of nitrogens with two attached hydrogens (primary N) is 1. The lowest BCUT2D eigenvalue weighted by atomic mass is 9.71. The predicted molar refractivity (Wildman–Crippen MR) is 80.6 cm³/mol. The zero-order valence-corrected chi connectivity index (χ0v) is 12.7. The minimum absolute atomic E-state index is 0.151. The quantitative estimate of drug-likeness (QED) is 0.938. The fourth-order valence-electron chi connectivity index (χ4n) is 3.03. The third-order valence-corrected chi connectivity index (χ3v) is 4.62. The van der Waals surface area contributed by atoms with Gasteiger partial charge in [0.05, 0.1) is 5.41 Å². The van der Waals surface area contributed by atoms with Gasteiger partial charge in [0.25, 0.3) is 0 Å². The number of pyridine rings is 1. The lowest BCUT2D eigenvalue weighted by Crippen LogP contribution is -2.39. The molecule has 5 heteroatoms. The average molecular weight is 286 g/mol. The van der Waals surface area contributed by atoms with Crippen LogP contribution in [0.3, 0.4) is 0 Å². The molecule has 0 bridgehead atoms. The number of aromatic nitrogens is 3. The van der Waals surface area contributed by atoms with E-state index in [1.165, 1.54) is 0 Å². The van der Waals surface area contributed by atoms with Gasteiger partial charge in [0.2, 0.25) is 11.7 Å². The molecule has 1 saturated carbocycles. The van der Waals surface area contributed by atoms with Crippen molar-refractivity contribution in [3.63, 3.8) is 0 Å². The maximum atomic E-state index is 6.04. The van der Waals surface area contributed by atoms with E-state index in [0.29, 0.717) is 18.3 Å². The first-order valence-electron chi connectivity index (χ1n) is 7.61. The highest BCUT2D eigenvalue weighted by Gasteiger charge is 2.39. The van der Waals surface area contributed by atoms with Gasteiger partial charge in [-0.1, -0.05) is 18.1 Å². The van der Waals surface area contributed by atoms with Crippen LogP contribution < -0.4 is 5.73 Å². The van der Waals surface area contributed by atoms with Gasteiger partial charge in [0.15, 0.2) is 0 Å². The number of nitrogens with zero attached hydrogens (tertiary/aromatic N) is 3. The average Bonchev–Trinajstić information content (AvgIpc) is 2.99. The predicted octanol–water partition coefficient (Wildman–Crippen LogP) is 2.85. The molecule has 2 aromatic heterocycles. The van der Waals surface area contributed by atoms with Crippen LogP contribution in [-0.4, -0.2) is 21.7 Å². The molecular formula is C16H22N4O. The Balaban J connectivity index is 1.90. The van der Waals surface area contributed by atoms with Crippen LogP contribution in [0.25, 0.3) is 11.5 Å². The summed E-state index contributed by atoms with van der Waals surface area (Å²) in [7, 11) is 0. The van der Waals surface area contributed by atoms with Crippen LogP contribution in [0, 0.1) is 12.8 Å². The Morgan fingerprint density at radius 2 is 2.05 bits per heavy atom. The Hall–Kier alpha value is -1.75. The summed E-state index contributed by atoms with van der Waals surface area (Å²) in [5.41, 5.74) is 7.59. The minimum atomic E-state index is -0.151. The molecule has 0 atom stereocenters. The highest BCUT2D eigenvalue weighted by Crippen LogP contribution is 2.40. The molecule has 2 N–H and O–H groups in total. The molecule has 2 aromatic rings. The summed E-state index contributed by atoms with van der Waals surface area (Å²) in [6.45, 7) is 4.80. The first-order chi connectivity index (χ1) is 10.1. The van der Waals surface area contributed by atoms with Gasteiger partial charge in [-0.05, 0) is 50.7 Å². The first kappa shape index (κ1) is 14.2. The molecule has 0 radical (unpaired) electrons. The zero-order chi connectivity index (χ0) is 14.9. The smallest absolute Gasteiger partial charge is 0.234 e. The molecule has 21 heavy (non-hydrogen) atoms. The molecule has 0 aliphatic heterocycles. The Kier molecular flexibility index (Phi) is 3.76. The summed E-state index contributed by atoms with van der Waals surface area (Å²) in [5.74, 6) is 1.99. The van der Waals surface area contributed by atoms with E-state index in [9.17, 15) is 0 Å². The molecule has 3 rings (SSSR count). The normalized spacial score (nSPS) is 26.0. The van der Waals surface area contributed by atoms with Crippen molar-refractivity contribution in [2.24, 2.45) is 11.7 Å². The van der Waals surface area contributed by atoms with Crippen molar-refractivity contribution in [2.75, 3.05) is 6.54 Å². The molecule has 0 spiro atoms. The van der Waals surface area contributed by atoms with Crippen molar-refractivity contribution in [3.8, 4) is 11.5 Å². The first-order valence-corrected chi connectivity index (χ1v) is 7.61. The highest BCUT2D eigenvalue weighted by molar-refractivity contribution is 5.48. The number of hydrogen-bond donors (Lipinski definition) is 1. The standard InChI is InChI=1S/C16H22N4O/c1-11-6-8-16(10-17,9-7-11)15-19-14(20-21-15)13-5-3-4-12(2)18-13/h3-5,11H,6-10,17H2,1-2H3. The van der Waals surface area contributed by atoms with Crippen LogP contribution in [0.5, 0.6) is 0 Å². The second kappa shape index (κ2) is 5.56.